The number of allylic oxidation sites excluding steroid dienone is 2. The van der Waals surface area contributed by atoms with Crippen LogP contribution in [0.5, 0.6) is 0 Å². The highest BCUT2D eigenvalue weighted by atomic mass is 16.3. The van der Waals surface area contributed by atoms with Crippen molar-refractivity contribution >= 4 is 5.78 Å². The SMILES string of the molecule is CC.CC/C=C/C[C@H]1CCC2C3CC(=O)[C@H]4C[C@H](O)CCC4(C)C3CCC21C.CO. The molecular weight excluding hydrogens is 372 g/mol. The lowest BCUT2D eigenvalue weighted by molar-refractivity contribution is -0.159. The highest BCUT2D eigenvalue weighted by molar-refractivity contribution is 5.83. The van der Waals surface area contributed by atoms with E-state index in [-0.39, 0.29) is 17.4 Å². The van der Waals surface area contributed by atoms with Gasteiger partial charge in [-0.05, 0) is 92.3 Å². The van der Waals surface area contributed by atoms with Crippen LogP contribution in [0.15, 0.2) is 12.2 Å². The van der Waals surface area contributed by atoms with Crippen LogP contribution >= 0.6 is 0 Å². The summed E-state index contributed by atoms with van der Waals surface area (Å²) in [5.74, 6) is 3.48. The van der Waals surface area contributed by atoms with Crippen molar-refractivity contribution in [3.8, 4) is 0 Å². The van der Waals surface area contributed by atoms with Crippen molar-refractivity contribution in [1.29, 1.82) is 0 Å². The molecule has 0 aromatic carbocycles. The van der Waals surface area contributed by atoms with Gasteiger partial charge in [-0.3, -0.25) is 4.79 Å². The van der Waals surface area contributed by atoms with E-state index in [2.05, 4.69) is 32.9 Å². The zero-order valence-corrected chi connectivity index (χ0v) is 20.5. The number of aliphatic hydroxyl groups is 2. The van der Waals surface area contributed by atoms with Gasteiger partial charge < -0.3 is 10.2 Å². The predicted molar refractivity (Wildman–Crippen MR) is 125 cm³/mol. The first kappa shape index (κ1) is 25.6. The minimum absolute atomic E-state index is 0.126. The maximum atomic E-state index is 13.1. The number of aliphatic hydroxyl groups excluding tert-OH is 2. The van der Waals surface area contributed by atoms with E-state index in [4.69, 9.17) is 5.11 Å². The third-order valence-electron chi connectivity index (χ3n) is 9.45. The smallest absolute Gasteiger partial charge is 0.136 e. The van der Waals surface area contributed by atoms with Gasteiger partial charge >= 0.3 is 0 Å². The Morgan fingerprint density at radius 1 is 0.967 bits per heavy atom. The van der Waals surface area contributed by atoms with Gasteiger partial charge in [-0.1, -0.05) is 46.8 Å². The summed E-state index contributed by atoms with van der Waals surface area (Å²) in [6.07, 6.45) is 15.7. The van der Waals surface area contributed by atoms with Gasteiger partial charge in [0.15, 0.2) is 0 Å². The third-order valence-corrected chi connectivity index (χ3v) is 9.45. The van der Waals surface area contributed by atoms with Gasteiger partial charge in [0.05, 0.1) is 6.10 Å². The predicted octanol–water partition coefficient (Wildman–Crippen LogP) is 6.18. The van der Waals surface area contributed by atoms with Crippen LogP contribution in [0.1, 0.15) is 98.8 Å². The van der Waals surface area contributed by atoms with Gasteiger partial charge in [-0.2, -0.15) is 0 Å². The molecule has 0 radical (unpaired) electrons. The molecule has 0 amide bonds. The molecule has 0 saturated heterocycles. The first-order chi connectivity index (χ1) is 14.4. The Bertz CT molecular complexity index is 585. The number of rotatable bonds is 3. The lowest BCUT2D eigenvalue weighted by Crippen LogP contribution is -2.57. The largest absolute Gasteiger partial charge is 0.400 e. The molecule has 8 atom stereocenters. The molecule has 174 valence electrons. The summed E-state index contributed by atoms with van der Waals surface area (Å²) in [6, 6.07) is 0. The molecular formula is C27H48O3. The zero-order valence-electron chi connectivity index (χ0n) is 20.5. The van der Waals surface area contributed by atoms with Crippen LogP contribution in [0.4, 0.5) is 0 Å². The monoisotopic (exact) mass is 420 g/mol. The molecule has 0 aromatic heterocycles. The summed E-state index contributed by atoms with van der Waals surface area (Å²) in [6.45, 7) is 11.2. The van der Waals surface area contributed by atoms with E-state index in [1.54, 1.807) is 0 Å². The molecule has 4 aliphatic rings. The quantitative estimate of drug-likeness (QED) is 0.536. The van der Waals surface area contributed by atoms with E-state index in [9.17, 15) is 9.90 Å². The highest BCUT2D eigenvalue weighted by Crippen LogP contribution is 2.67. The van der Waals surface area contributed by atoms with Gasteiger partial charge in [0, 0.05) is 19.4 Å². The van der Waals surface area contributed by atoms with Crippen molar-refractivity contribution in [3.05, 3.63) is 12.2 Å². The maximum absolute atomic E-state index is 13.1. The normalized spacial score (nSPS) is 44.7. The van der Waals surface area contributed by atoms with Crippen molar-refractivity contribution in [2.24, 2.45) is 40.4 Å². The first-order valence-electron chi connectivity index (χ1n) is 12.7. The van der Waals surface area contributed by atoms with E-state index in [1.165, 1.54) is 32.1 Å². The molecule has 0 bridgehead atoms. The minimum Gasteiger partial charge on any atom is -0.400 e. The van der Waals surface area contributed by atoms with Crippen molar-refractivity contribution in [1.82, 2.24) is 0 Å². The molecule has 4 aliphatic carbocycles. The van der Waals surface area contributed by atoms with E-state index >= 15 is 0 Å². The molecule has 3 nitrogen and oxygen atoms in total. The van der Waals surface area contributed by atoms with Gasteiger partial charge in [-0.15, -0.1) is 0 Å². The van der Waals surface area contributed by atoms with Crippen LogP contribution in [0.2, 0.25) is 0 Å². The third kappa shape index (κ3) is 4.44. The number of hydrogen-bond acceptors (Lipinski definition) is 3. The van der Waals surface area contributed by atoms with Crippen LogP contribution < -0.4 is 0 Å². The van der Waals surface area contributed by atoms with Gasteiger partial charge in [0.2, 0.25) is 0 Å². The molecule has 4 rings (SSSR count). The average molecular weight is 421 g/mol. The lowest BCUT2D eigenvalue weighted by Gasteiger charge is -2.60. The molecule has 30 heavy (non-hydrogen) atoms. The van der Waals surface area contributed by atoms with Gasteiger partial charge in [-0.25, -0.2) is 0 Å². The van der Waals surface area contributed by atoms with Crippen LogP contribution in [-0.2, 0) is 4.79 Å². The number of hydrogen-bond donors (Lipinski definition) is 2. The van der Waals surface area contributed by atoms with Crippen LogP contribution in [0, 0.1) is 40.4 Å². The number of carbonyl (C=O) groups is 1. The Balaban J connectivity index is 0.000000757. The second-order valence-electron chi connectivity index (χ2n) is 10.5. The van der Waals surface area contributed by atoms with E-state index in [1.807, 2.05) is 13.8 Å². The second kappa shape index (κ2) is 10.8. The molecule has 5 unspecified atom stereocenters. The molecule has 0 aliphatic heterocycles. The Hall–Kier alpha value is -0.670. The summed E-state index contributed by atoms with van der Waals surface area (Å²) < 4.78 is 0. The summed E-state index contributed by atoms with van der Waals surface area (Å²) >= 11 is 0. The van der Waals surface area contributed by atoms with Gasteiger partial charge in [0.1, 0.15) is 5.78 Å². The average Bonchev–Trinajstić information content (AvgIpc) is 3.09. The standard InChI is InChI=1S/C24H38O2.C2H6.CH4O/c1-4-5-6-7-16-8-9-19-18-15-22(26)21-14-17(25)10-12-24(21,3)20(18)11-13-23(16,19)2;2*1-2/h5-6,16-21,25H,4,7-15H2,1-3H3;1-2H3;2H,1H3/b6-5+;;/t16-,17+,18?,19?,20?,21+,23?,24?;;/m0../s1. The Labute approximate surface area is 185 Å². The van der Waals surface area contributed by atoms with Crippen LogP contribution in [-0.4, -0.2) is 29.2 Å². The maximum Gasteiger partial charge on any atom is 0.136 e. The van der Waals surface area contributed by atoms with E-state index in [0.29, 0.717) is 23.0 Å². The molecule has 0 aromatic rings. The van der Waals surface area contributed by atoms with Gasteiger partial charge in [0.25, 0.3) is 0 Å². The Morgan fingerprint density at radius 3 is 2.27 bits per heavy atom. The Morgan fingerprint density at radius 2 is 1.60 bits per heavy atom. The fourth-order valence-electron chi connectivity index (χ4n) is 7.94. The van der Waals surface area contributed by atoms with E-state index < -0.39 is 0 Å². The fraction of sp³-hybridized carbons (Fsp3) is 0.889. The van der Waals surface area contributed by atoms with Crippen molar-refractivity contribution in [2.45, 2.75) is 105 Å². The molecule has 2 N–H and O–H groups in total. The number of Topliss-reactive ketones (excluding diaryl/α,β-unsaturated/α-hetero) is 1. The molecule has 4 fully saturated rings. The van der Waals surface area contributed by atoms with E-state index in [0.717, 1.165) is 51.0 Å². The van der Waals surface area contributed by atoms with Crippen LogP contribution in [0.3, 0.4) is 0 Å². The summed E-state index contributed by atoms with van der Waals surface area (Å²) in [4.78, 5) is 13.1. The molecule has 0 heterocycles. The summed E-state index contributed by atoms with van der Waals surface area (Å²) in [5, 5.41) is 17.1. The highest BCUT2D eigenvalue weighted by Gasteiger charge is 2.61. The Kier molecular flexibility index (Phi) is 9.18. The van der Waals surface area contributed by atoms with Crippen molar-refractivity contribution in [3.63, 3.8) is 0 Å². The second-order valence-corrected chi connectivity index (χ2v) is 10.5. The first-order valence-corrected chi connectivity index (χ1v) is 12.7. The molecule has 3 heteroatoms. The minimum atomic E-state index is -0.247. The topological polar surface area (TPSA) is 57.5 Å². The zero-order chi connectivity index (χ0) is 22.5. The summed E-state index contributed by atoms with van der Waals surface area (Å²) in [7, 11) is 1.00. The molecule has 4 saturated carbocycles. The number of fused-ring (bicyclic) bond motifs is 5. The fourth-order valence-corrected chi connectivity index (χ4v) is 7.94. The number of carbonyl (C=O) groups excluding carboxylic acids is 1. The molecule has 0 spiro atoms. The van der Waals surface area contributed by atoms with Crippen molar-refractivity contribution in [2.75, 3.05) is 7.11 Å². The summed E-state index contributed by atoms with van der Waals surface area (Å²) in [5.41, 5.74) is 0.595. The number of ketones is 1. The van der Waals surface area contributed by atoms with Crippen LogP contribution in [0.25, 0.3) is 0 Å². The lowest BCUT2D eigenvalue weighted by atomic mass is 9.44. The van der Waals surface area contributed by atoms with Crippen molar-refractivity contribution < 1.29 is 15.0 Å².